The van der Waals surface area contributed by atoms with Gasteiger partial charge >= 0.3 is 6.18 Å². The van der Waals surface area contributed by atoms with Crippen LogP contribution in [0.1, 0.15) is 30.5 Å². The molecule has 3 aromatic rings. The molecule has 2 heterocycles. The molecule has 4 rings (SSSR count). The summed E-state index contributed by atoms with van der Waals surface area (Å²) >= 11 is 0. The lowest BCUT2D eigenvalue weighted by atomic mass is 10.1. The van der Waals surface area contributed by atoms with Crippen molar-refractivity contribution in [2.75, 3.05) is 32.6 Å². The maximum absolute atomic E-state index is 13.7. The SMILES string of the molecule is CCN(c1ccccc1CNc1nc(Nc2cccc3c2NC(=O)C3)ncc1C(F)(F)F)S(=O)(=O)CC. The van der Waals surface area contributed by atoms with Gasteiger partial charge in [0.25, 0.3) is 0 Å². The van der Waals surface area contributed by atoms with Gasteiger partial charge in [0.1, 0.15) is 11.4 Å². The van der Waals surface area contributed by atoms with E-state index >= 15 is 0 Å². The van der Waals surface area contributed by atoms with Gasteiger partial charge in [-0.05, 0) is 37.1 Å². The molecule has 0 bridgehead atoms. The summed E-state index contributed by atoms with van der Waals surface area (Å²) in [5, 5.41) is 8.30. The Bertz CT molecular complexity index is 1430. The normalized spacial score (nSPS) is 13.2. The van der Waals surface area contributed by atoms with E-state index in [1.54, 1.807) is 49.4 Å². The third-order valence-electron chi connectivity index (χ3n) is 5.80. The number of sulfonamides is 1. The molecule has 1 aliphatic heterocycles. The first-order valence-corrected chi connectivity index (χ1v) is 13.1. The fraction of sp³-hybridized carbons (Fsp3) is 0.292. The van der Waals surface area contributed by atoms with Gasteiger partial charge in [0.2, 0.25) is 21.9 Å². The third-order valence-corrected chi connectivity index (χ3v) is 7.66. The number of carbonyl (C=O) groups excluding carboxylic acids is 1. The second-order valence-corrected chi connectivity index (χ2v) is 10.4. The van der Waals surface area contributed by atoms with E-state index < -0.39 is 27.6 Å². The van der Waals surface area contributed by atoms with Crippen LogP contribution in [0.2, 0.25) is 0 Å². The van der Waals surface area contributed by atoms with E-state index in [-0.39, 0.29) is 37.1 Å². The second kappa shape index (κ2) is 10.2. The fourth-order valence-corrected chi connectivity index (χ4v) is 5.20. The van der Waals surface area contributed by atoms with Crippen molar-refractivity contribution in [1.82, 2.24) is 9.97 Å². The quantitative estimate of drug-likeness (QED) is 0.370. The van der Waals surface area contributed by atoms with Crippen molar-refractivity contribution in [2.24, 2.45) is 0 Å². The van der Waals surface area contributed by atoms with Crippen molar-refractivity contribution in [1.29, 1.82) is 0 Å². The monoisotopic (exact) mass is 534 g/mol. The standard InChI is InChI=1S/C24H25F3N6O3S/c1-3-33(37(35,36)4-2)19-11-6-5-8-16(19)13-28-22-17(24(25,26)27)14-29-23(32-22)30-18-10-7-9-15-12-20(34)31-21(15)18/h5-11,14H,3-4,12-13H2,1-2H3,(H,31,34)(H2,28,29,30,32). The number of carbonyl (C=O) groups is 1. The minimum atomic E-state index is -4.73. The molecule has 0 saturated carbocycles. The number of rotatable bonds is 9. The topological polar surface area (TPSA) is 116 Å². The van der Waals surface area contributed by atoms with E-state index in [4.69, 9.17) is 0 Å². The lowest BCUT2D eigenvalue weighted by molar-refractivity contribution is -0.137. The largest absolute Gasteiger partial charge is 0.421 e. The summed E-state index contributed by atoms with van der Waals surface area (Å²) in [4.78, 5) is 19.6. The Kier molecular flexibility index (Phi) is 7.25. The van der Waals surface area contributed by atoms with E-state index in [0.29, 0.717) is 28.8 Å². The van der Waals surface area contributed by atoms with Crippen LogP contribution in [0.25, 0.3) is 0 Å². The molecule has 0 saturated heterocycles. The molecule has 1 aliphatic rings. The summed E-state index contributed by atoms with van der Waals surface area (Å²) in [5.41, 5.74) is 1.50. The molecule has 0 aliphatic carbocycles. The molecule has 1 aromatic heterocycles. The van der Waals surface area contributed by atoms with Crippen molar-refractivity contribution in [3.05, 3.63) is 65.4 Å². The van der Waals surface area contributed by atoms with E-state index in [1.807, 2.05) is 0 Å². The van der Waals surface area contributed by atoms with Gasteiger partial charge in [-0.2, -0.15) is 18.2 Å². The lowest BCUT2D eigenvalue weighted by Gasteiger charge is -2.25. The van der Waals surface area contributed by atoms with Crippen LogP contribution in [0, 0.1) is 0 Å². The number of anilines is 5. The number of nitrogens with zero attached hydrogens (tertiary/aromatic N) is 3. The number of hydrogen-bond acceptors (Lipinski definition) is 7. The first-order valence-electron chi connectivity index (χ1n) is 11.5. The van der Waals surface area contributed by atoms with Crippen LogP contribution in [0.5, 0.6) is 0 Å². The minimum Gasteiger partial charge on any atom is -0.365 e. The lowest BCUT2D eigenvalue weighted by Crippen LogP contribution is -2.33. The summed E-state index contributed by atoms with van der Waals surface area (Å²) in [5.74, 6) is -0.893. The highest BCUT2D eigenvalue weighted by Gasteiger charge is 2.35. The molecule has 13 heteroatoms. The van der Waals surface area contributed by atoms with Crippen LogP contribution in [0.4, 0.5) is 42.0 Å². The minimum absolute atomic E-state index is 0.109. The molecule has 3 N–H and O–H groups in total. The maximum Gasteiger partial charge on any atom is 0.421 e. The zero-order valence-corrected chi connectivity index (χ0v) is 20.9. The van der Waals surface area contributed by atoms with Crippen LogP contribution in [-0.2, 0) is 34.0 Å². The van der Waals surface area contributed by atoms with Gasteiger partial charge in [-0.15, -0.1) is 0 Å². The summed E-state index contributed by atoms with van der Waals surface area (Å²) in [6.07, 6.45) is -3.86. The molecule has 196 valence electrons. The predicted molar refractivity (Wildman–Crippen MR) is 135 cm³/mol. The molecule has 37 heavy (non-hydrogen) atoms. The van der Waals surface area contributed by atoms with Gasteiger partial charge < -0.3 is 16.0 Å². The Balaban J connectivity index is 1.65. The number of para-hydroxylation sites is 2. The van der Waals surface area contributed by atoms with Gasteiger partial charge in [-0.1, -0.05) is 30.3 Å². The average Bonchev–Trinajstić information content (AvgIpc) is 3.24. The number of alkyl halides is 3. The van der Waals surface area contributed by atoms with Gasteiger partial charge in [-0.25, -0.2) is 13.4 Å². The number of hydrogen-bond donors (Lipinski definition) is 3. The molecule has 0 unspecified atom stereocenters. The summed E-state index contributed by atoms with van der Waals surface area (Å²) < 4.78 is 67.6. The zero-order chi connectivity index (χ0) is 26.8. The number of aromatic nitrogens is 2. The molecule has 0 fully saturated rings. The van der Waals surface area contributed by atoms with Gasteiger partial charge in [0, 0.05) is 19.3 Å². The van der Waals surface area contributed by atoms with Crippen molar-refractivity contribution < 1.29 is 26.4 Å². The number of amides is 1. The maximum atomic E-state index is 13.7. The molecule has 2 aromatic carbocycles. The molecular formula is C24H25F3N6O3S. The summed E-state index contributed by atoms with van der Waals surface area (Å²) in [6, 6.07) is 11.7. The van der Waals surface area contributed by atoms with E-state index in [1.165, 1.54) is 11.2 Å². The molecule has 0 radical (unpaired) electrons. The van der Waals surface area contributed by atoms with Crippen molar-refractivity contribution in [3.63, 3.8) is 0 Å². The Labute approximate surface area is 212 Å². The average molecular weight is 535 g/mol. The first kappa shape index (κ1) is 26.2. The van der Waals surface area contributed by atoms with Crippen molar-refractivity contribution in [2.45, 2.75) is 33.0 Å². The highest BCUT2D eigenvalue weighted by Crippen LogP contribution is 2.36. The Morgan fingerprint density at radius 1 is 1.11 bits per heavy atom. The van der Waals surface area contributed by atoms with Crippen LogP contribution in [-0.4, -0.2) is 36.6 Å². The summed E-state index contributed by atoms with van der Waals surface area (Å²) in [7, 11) is -3.59. The van der Waals surface area contributed by atoms with Crippen LogP contribution in [0.15, 0.2) is 48.7 Å². The molecular weight excluding hydrogens is 509 g/mol. The van der Waals surface area contributed by atoms with Crippen LogP contribution < -0.4 is 20.3 Å². The van der Waals surface area contributed by atoms with Crippen molar-refractivity contribution >= 4 is 44.8 Å². The third kappa shape index (κ3) is 5.61. The van der Waals surface area contributed by atoms with Crippen LogP contribution in [0.3, 0.4) is 0 Å². The van der Waals surface area contributed by atoms with E-state index in [0.717, 1.165) is 5.56 Å². The highest BCUT2D eigenvalue weighted by atomic mass is 32.2. The Morgan fingerprint density at radius 3 is 2.57 bits per heavy atom. The van der Waals surface area contributed by atoms with E-state index in [2.05, 4.69) is 25.9 Å². The zero-order valence-electron chi connectivity index (χ0n) is 20.1. The second-order valence-electron chi connectivity index (χ2n) is 8.19. The summed E-state index contributed by atoms with van der Waals surface area (Å²) in [6.45, 7) is 3.25. The van der Waals surface area contributed by atoms with Gasteiger partial charge in [-0.3, -0.25) is 9.10 Å². The smallest absolute Gasteiger partial charge is 0.365 e. The Morgan fingerprint density at radius 2 is 1.86 bits per heavy atom. The number of benzene rings is 2. The number of nitrogens with one attached hydrogen (secondary N) is 3. The molecule has 0 atom stereocenters. The Hall–Kier alpha value is -3.87. The van der Waals surface area contributed by atoms with Crippen LogP contribution >= 0.6 is 0 Å². The number of fused-ring (bicyclic) bond motifs is 1. The van der Waals surface area contributed by atoms with E-state index in [9.17, 15) is 26.4 Å². The molecule has 1 amide bonds. The highest BCUT2D eigenvalue weighted by molar-refractivity contribution is 7.92. The van der Waals surface area contributed by atoms with Crippen molar-refractivity contribution in [3.8, 4) is 0 Å². The fourth-order valence-electron chi connectivity index (χ4n) is 4.02. The first-order chi connectivity index (χ1) is 17.5. The predicted octanol–water partition coefficient (Wildman–Crippen LogP) is 4.52. The number of halogens is 3. The molecule has 9 nitrogen and oxygen atoms in total. The van der Waals surface area contributed by atoms with Gasteiger partial charge in [0.15, 0.2) is 0 Å². The van der Waals surface area contributed by atoms with Gasteiger partial charge in [0.05, 0.1) is 29.2 Å². The molecule has 0 spiro atoms.